The SMILES string of the molecule is CC1CN(C(=O)c2cc(Cc3n[nH]c(=O)c4c3CCCC4)ccn2)CCN1. The lowest BCUT2D eigenvalue weighted by Crippen LogP contribution is -2.51. The summed E-state index contributed by atoms with van der Waals surface area (Å²) in [7, 11) is 0. The van der Waals surface area contributed by atoms with Crippen LogP contribution < -0.4 is 10.9 Å². The van der Waals surface area contributed by atoms with Crippen molar-refractivity contribution in [3.8, 4) is 0 Å². The molecule has 0 aromatic carbocycles. The number of pyridine rings is 1. The minimum atomic E-state index is -0.0631. The van der Waals surface area contributed by atoms with E-state index in [1.165, 1.54) is 0 Å². The lowest BCUT2D eigenvalue weighted by atomic mass is 9.90. The van der Waals surface area contributed by atoms with Gasteiger partial charge in [-0.3, -0.25) is 14.6 Å². The zero-order chi connectivity index (χ0) is 18.8. The lowest BCUT2D eigenvalue weighted by Gasteiger charge is -2.31. The van der Waals surface area contributed by atoms with Gasteiger partial charge in [0, 0.05) is 43.9 Å². The van der Waals surface area contributed by atoms with Gasteiger partial charge in [0.25, 0.3) is 11.5 Å². The quantitative estimate of drug-likeness (QED) is 0.847. The number of carbonyl (C=O) groups is 1. The first kappa shape index (κ1) is 17.9. The van der Waals surface area contributed by atoms with Crippen LogP contribution in [0.4, 0.5) is 0 Å². The fourth-order valence-corrected chi connectivity index (χ4v) is 4.05. The summed E-state index contributed by atoms with van der Waals surface area (Å²) in [4.78, 5) is 31.0. The molecular formula is C20H25N5O2. The molecule has 1 atom stereocenters. The molecule has 1 aliphatic heterocycles. The molecule has 2 aliphatic rings. The third-order valence-electron chi connectivity index (χ3n) is 5.45. The molecule has 27 heavy (non-hydrogen) atoms. The predicted octanol–water partition coefficient (Wildman–Crippen LogP) is 1.07. The first-order valence-electron chi connectivity index (χ1n) is 9.68. The van der Waals surface area contributed by atoms with Crippen LogP contribution >= 0.6 is 0 Å². The largest absolute Gasteiger partial charge is 0.334 e. The molecule has 1 saturated heterocycles. The van der Waals surface area contributed by atoms with Crippen molar-refractivity contribution in [2.75, 3.05) is 19.6 Å². The van der Waals surface area contributed by atoms with E-state index in [1.807, 2.05) is 17.0 Å². The monoisotopic (exact) mass is 367 g/mol. The number of rotatable bonds is 3. The molecule has 2 N–H and O–H groups in total. The van der Waals surface area contributed by atoms with Gasteiger partial charge in [0.15, 0.2) is 0 Å². The number of aromatic nitrogens is 3. The molecule has 1 aliphatic carbocycles. The Morgan fingerprint density at radius 2 is 2.11 bits per heavy atom. The first-order chi connectivity index (χ1) is 13.1. The third-order valence-corrected chi connectivity index (χ3v) is 5.45. The number of amides is 1. The lowest BCUT2D eigenvalue weighted by molar-refractivity contribution is 0.0703. The van der Waals surface area contributed by atoms with Crippen molar-refractivity contribution in [1.29, 1.82) is 0 Å². The van der Waals surface area contributed by atoms with Crippen LogP contribution in [-0.2, 0) is 19.3 Å². The van der Waals surface area contributed by atoms with Gasteiger partial charge in [0.1, 0.15) is 5.69 Å². The summed E-state index contributed by atoms with van der Waals surface area (Å²) in [5, 5.41) is 10.3. The number of H-pyrrole nitrogens is 1. The normalized spacial score (nSPS) is 19.6. The summed E-state index contributed by atoms with van der Waals surface area (Å²) in [6.07, 6.45) is 6.15. The van der Waals surface area contributed by atoms with E-state index < -0.39 is 0 Å². The molecule has 7 heteroatoms. The highest BCUT2D eigenvalue weighted by Crippen LogP contribution is 2.22. The first-order valence-corrected chi connectivity index (χ1v) is 9.68. The van der Waals surface area contributed by atoms with Gasteiger partial charge < -0.3 is 10.2 Å². The maximum atomic E-state index is 12.8. The summed E-state index contributed by atoms with van der Waals surface area (Å²) >= 11 is 0. The number of hydrogen-bond acceptors (Lipinski definition) is 5. The Bertz CT molecular complexity index is 907. The van der Waals surface area contributed by atoms with Gasteiger partial charge in [0.05, 0.1) is 5.69 Å². The van der Waals surface area contributed by atoms with E-state index in [9.17, 15) is 9.59 Å². The van der Waals surface area contributed by atoms with Gasteiger partial charge in [0.2, 0.25) is 0 Å². The van der Waals surface area contributed by atoms with Crippen molar-refractivity contribution in [3.63, 3.8) is 0 Å². The molecular weight excluding hydrogens is 342 g/mol. The Labute approximate surface area is 158 Å². The van der Waals surface area contributed by atoms with Crippen LogP contribution in [0.1, 0.15) is 52.6 Å². The van der Waals surface area contributed by atoms with Crippen molar-refractivity contribution in [3.05, 3.63) is 56.8 Å². The van der Waals surface area contributed by atoms with Crippen LogP contribution in [0.2, 0.25) is 0 Å². The number of nitrogens with zero attached hydrogens (tertiary/aromatic N) is 3. The van der Waals surface area contributed by atoms with Crippen LogP contribution in [0.3, 0.4) is 0 Å². The number of nitrogens with one attached hydrogen (secondary N) is 2. The van der Waals surface area contributed by atoms with E-state index in [1.54, 1.807) is 6.20 Å². The molecule has 0 saturated carbocycles. The summed E-state index contributed by atoms with van der Waals surface area (Å²) in [5.74, 6) is -0.0262. The van der Waals surface area contributed by atoms with E-state index in [0.717, 1.165) is 54.6 Å². The molecule has 2 aromatic rings. The van der Waals surface area contributed by atoms with Crippen molar-refractivity contribution in [1.82, 2.24) is 25.4 Å². The number of piperazine rings is 1. The van der Waals surface area contributed by atoms with Crippen LogP contribution in [-0.4, -0.2) is 51.7 Å². The second-order valence-corrected chi connectivity index (χ2v) is 7.50. The molecule has 3 heterocycles. The highest BCUT2D eigenvalue weighted by atomic mass is 16.2. The zero-order valence-corrected chi connectivity index (χ0v) is 15.6. The molecule has 2 aromatic heterocycles. The molecule has 4 rings (SSSR count). The highest BCUT2D eigenvalue weighted by Gasteiger charge is 2.23. The highest BCUT2D eigenvalue weighted by molar-refractivity contribution is 5.92. The van der Waals surface area contributed by atoms with Crippen LogP contribution in [0, 0.1) is 0 Å². The zero-order valence-electron chi connectivity index (χ0n) is 15.6. The second-order valence-electron chi connectivity index (χ2n) is 7.50. The van der Waals surface area contributed by atoms with Gasteiger partial charge in [-0.1, -0.05) is 0 Å². The standard InChI is InChI=1S/C20H25N5O2/c1-13-12-25(9-8-21-13)20(27)18-11-14(6-7-22-18)10-17-15-4-2-3-5-16(15)19(26)24-23-17/h6-7,11,13,21H,2-5,8-10,12H2,1H3,(H,24,26). The maximum Gasteiger partial charge on any atom is 0.272 e. The van der Waals surface area contributed by atoms with Crippen LogP contribution in [0.25, 0.3) is 0 Å². The van der Waals surface area contributed by atoms with Gasteiger partial charge in [-0.15, -0.1) is 0 Å². The third kappa shape index (κ3) is 3.78. The predicted molar refractivity (Wildman–Crippen MR) is 102 cm³/mol. The Morgan fingerprint density at radius 1 is 1.30 bits per heavy atom. The Balaban J connectivity index is 1.57. The average molecular weight is 367 g/mol. The van der Waals surface area contributed by atoms with Crippen molar-refractivity contribution in [2.45, 2.75) is 45.1 Å². The van der Waals surface area contributed by atoms with Crippen LogP contribution in [0.15, 0.2) is 23.1 Å². The minimum absolute atomic E-state index is 0.0262. The molecule has 0 radical (unpaired) electrons. The molecule has 0 bridgehead atoms. The van der Waals surface area contributed by atoms with Gasteiger partial charge in [-0.2, -0.15) is 5.10 Å². The number of carbonyl (C=O) groups excluding carboxylic acids is 1. The van der Waals surface area contributed by atoms with E-state index in [-0.39, 0.29) is 11.5 Å². The molecule has 142 valence electrons. The van der Waals surface area contributed by atoms with E-state index >= 15 is 0 Å². The Morgan fingerprint density at radius 3 is 2.93 bits per heavy atom. The maximum absolute atomic E-state index is 12.8. The molecule has 1 fully saturated rings. The molecule has 7 nitrogen and oxygen atoms in total. The van der Waals surface area contributed by atoms with Gasteiger partial charge in [-0.25, -0.2) is 5.10 Å². The average Bonchev–Trinajstić information content (AvgIpc) is 2.70. The molecule has 1 amide bonds. The number of aromatic amines is 1. The van der Waals surface area contributed by atoms with Gasteiger partial charge in [-0.05, 0) is 55.9 Å². The van der Waals surface area contributed by atoms with Crippen molar-refractivity contribution >= 4 is 5.91 Å². The van der Waals surface area contributed by atoms with E-state index in [0.29, 0.717) is 31.2 Å². The fourth-order valence-electron chi connectivity index (χ4n) is 4.05. The summed E-state index contributed by atoms with van der Waals surface area (Å²) in [5.41, 5.74) is 4.28. The second kappa shape index (κ2) is 7.60. The molecule has 1 unspecified atom stereocenters. The molecule has 0 spiro atoms. The van der Waals surface area contributed by atoms with Crippen LogP contribution in [0.5, 0.6) is 0 Å². The topological polar surface area (TPSA) is 91.0 Å². The minimum Gasteiger partial charge on any atom is -0.334 e. The summed E-state index contributed by atoms with van der Waals surface area (Å²) in [6, 6.07) is 4.07. The van der Waals surface area contributed by atoms with Crippen molar-refractivity contribution in [2.24, 2.45) is 0 Å². The Hall–Kier alpha value is -2.54. The fraction of sp³-hybridized carbons (Fsp3) is 0.500. The summed E-state index contributed by atoms with van der Waals surface area (Å²) < 4.78 is 0. The Kier molecular flexibility index (Phi) is 5.03. The smallest absolute Gasteiger partial charge is 0.272 e. The van der Waals surface area contributed by atoms with E-state index in [2.05, 4.69) is 27.4 Å². The number of fused-ring (bicyclic) bond motifs is 1. The van der Waals surface area contributed by atoms with Gasteiger partial charge >= 0.3 is 0 Å². The van der Waals surface area contributed by atoms with Crippen molar-refractivity contribution < 1.29 is 4.79 Å². The summed E-state index contributed by atoms with van der Waals surface area (Å²) in [6.45, 7) is 4.28. The van der Waals surface area contributed by atoms with E-state index in [4.69, 9.17) is 0 Å². The number of hydrogen-bond donors (Lipinski definition) is 2.